The lowest BCUT2D eigenvalue weighted by molar-refractivity contribution is -0.254. The maximum absolute atomic E-state index is 13.6. The molecule has 7 rings (SSSR count). The topological polar surface area (TPSA) is 114 Å². The molecule has 1 spiro atoms. The average molecular weight is 701 g/mol. The van der Waals surface area contributed by atoms with Gasteiger partial charge in [-0.25, -0.2) is 13.1 Å². The molecule has 2 fully saturated rings. The summed E-state index contributed by atoms with van der Waals surface area (Å²) in [5, 5.41) is 10.1. The summed E-state index contributed by atoms with van der Waals surface area (Å²) >= 11 is 6.46. The van der Waals surface area contributed by atoms with Gasteiger partial charge in [0.15, 0.2) is 6.29 Å². The Morgan fingerprint density at radius 3 is 2.54 bits per heavy atom. The Morgan fingerprint density at radius 1 is 0.979 bits per heavy atom. The number of carbonyl (C=O) groups excluding carboxylic acids is 1. The van der Waals surface area contributed by atoms with Crippen LogP contribution in [0.2, 0.25) is 5.02 Å². The first-order valence-electron chi connectivity index (χ1n) is 17.7. The van der Waals surface area contributed by atoms with Gasteiger partial charge in [0.2, 0.25) is 10.0 Å². The summed E-state index contributed by atoms with van der Waals surface area (Å²) in [5.74, 6) is 1.18. The fourth-order valence-electron chi connectivity index (χ4n) is 9.13. The van der Waals surface area contributed by atoms with Gasteiger partial charge in [-0.05, 0) is 111 Å². The van der Waals surface area contributed by atoms with E-state index in [2.05, 4.69) is 28.7 Å². The number of rotatable bonds is 1. The second-order valence-corrected chi connectivity index (χ2v) is 17.7. The second-order valence-electron chi connectivity index (χ2n) is 15.3. The van der Waals surface area contributed by atoms with Gasteiger partial charge in [0.25, 0.3) is 5.91 Å². The molecule has 2 aliphatic carbocycles. The summed E-state index contributed by atoms with van der Waals surface area (Å²) in [6.07, 6.45) is 5.32. The minimum atomic E-state index is -3.93. The number of carbonyl (C=O) groups is 1. The molecule has 2 aromatic carbocycles. The fourth-order valence-corrected chi connectivity index (χ4v) is 10.6. The Morgan fingerprint density at radius 2 is 1.77 bits per heavy atom. The molecule has 2 bridgehead atoms. The zero-order valence-corrected chi connectivity index (χ0v) is 29.8. The van der Waals surface area contributed by atoms with Crippen LogP contribution in [0, 0.1) is 29.6 Å². The second kappa shape index (κ2) is 13.4. The van der Waals surface area contributed by atoms with E-state index >= 15 is 0 Å². The van der Waals surface area contributed by atoms with Crippen LogP contribution in [0.1, 0.15) is 80.8 Å². The molecule has 0 aromatic heterocycles. The van der Waals surface area contributed by atoms with Gasteiger partial charge in [-0.2, -0.15) is 0 Å². The maximum atomic E-state index is 13.6. The van der Waals surface area contributed by atoms with Crippen molar-refractivity contribution in [2.45, 2.75) is 88.8 Å². The number of nitrogens with one attached hydrogen (secondary N) is 1. The number of aliphatic hydroxyl groups is 1. The maximum Gasteiger partial charge on any atom is 0.264 e. The molecule has 11 heteroatoms. The van der Waals surface area contributed by atoms with E-state index in [1.165, 1.54) is 11.1 Å². The average Bonchev–Trinajstić information content (AvgIpc) is 3.21. The number of sulfonamides is 1. The quantitative estimate of drug-likeness (QED) is 0.390. The number of halogens is 1. The van der Waals surface area contributed by atoms with Gasteiger partial charge < -0.3 is 24.2 Å². The number of hydrogen-bond donors (Lipinski definition) is 2. The Hall–Kier alpha value is -2.37. The number of aliphatic hydroxyl groups excluding tert-OH is 1. The van der Waals surface area contributed by atoms with E-state index in [1.54, 1.807) is 13.0 Å². The highest BCUT2D eigenvalue weighted by atomic mass is 35.5. The fraction of sp³-hybridized carbons (Fsp3) is 0.649. The van der Waals surface area contributed by atoms with Crippen molar-refractivity contribution >= 4 is 33.2 Å². The minimum absolute atomic E-state index is 0.117. The summed E-state index contributed by atoms with van der Waals surface area (Å²) in [6, 6.07) is 11.5. The molecule has 3 heterocycles. The van der Waals surface area contributed by atoms with E-state index in [-0.39, 0.29) is 30.5 Å². The Labute approximate surface area is 289 Å². The van der Waals surface area contributed by atoms with Crippen molar-refractivity contribution in [1.82, 2.24) is 4.72 Å². The summed E-state index contributed by atoms with van der Waals surface area (Å²) in [7, 11) is -3.93. The lowest BCUT2D eigenvalue weighted by Crippen LogP contribution is -2.53. The Balaban J connectivity index is 1.30. The lowest BCUT2D eigenvalue weighted by Gasteiger charge is -2.52. The van der Waals surface area contributed by atoms with Crippen molar-refractivity contribution in [3.05, 3.63) is 58.1 Å². The highest BCUT2D eigenvalue weighted by Crippen LogP contribution is 2.51. The monoisotopic (exact) mass is 700 g/mol. The van der Waals surface area contributed by atoms with Gasteiger partial charge in [-0.15, -0.1) is 0 Å². The van der Waals surface area contributed by atoms with Gasteiger partial charge in [-0.1, -0.05) is 37.9 Å². The zero-order valence-electron chi connectivity index (χ0n) is 28.2. The van der Waals surface area contributed by atoms with Crippen LogP contribution in [0.3, 0.4) is 0 Å². The normalized spacial score (nSPS) is 36.9. The van der Waals surface area contributed by atoms with Crippen LogP contribution < -0.4 is 14.4 Å². The van der Waals surface area contributed by atoms with Crippen LogP contribution in [0.25, 0.3) is 0 Å². The van der Waals surface area contributed by atoms with Crippen molar-refractivity contribution in [3.8, 4) is 5.75 Å². The van der Waals surface area contributed by atoms with Gasteiger partial charge in [-0.3, -0.25) is 4.79 Å². The molecule has 5 aliphatic rings. The molecule has 1 saturated carbocycles. The summed E-state index contributed by atoms with van der Waals surface area (Å²) < 4.78 is 48.2. The third-order valence-corrected chi connectivity index (χ3v) is 14.3. The van der Waals surface area contributed by atoms with Crippen molar-refractivity contribution in [1.29, 1.82) is 0 Å². The number of hydrogen-bond acceptors (Lipinski definition) is 8. The van der Waals surface area contributed by atoms with Crippen LogP contribution >= 0.6 is 11.6 Å². The van der Waals surface area contributed by atoms with E-state index < -0.39 is 33.6 Å². The van der Waals surface area contributed by atoms with E-state index in [0.717, 1.165) is 55.8 Å². The van der Waals surface area contributed by atoms with Crippen molar-refractivity contribution in [3.63, 3.8) is 0 Å². The molecule has 7 atom stereocenters. The first-order chi connectivity index (χ1) is 22.9. The number of fused-ring (bicyclic) bond motifs is 4. The molecule has 48 heavy (non-hydrogen) atoms. The van der Waals surface area contributed by atoms with Gasteiger partial charge in [0, 0.05) is 35.0 Å². The molecule has 2 N–H and O–H groups in total. The number of nitrogens with zero attached hydrogens (tertiary/aromatic N) is 1. The number of amides is 1. The molecule has 3 aliphatic heterocycles. The zero-order chi connectivity index (χ0) is 33.8. The van der Waals surface area contributed by atoms with Gasteiger partial charge in [0.05, 0.1) is 30.8 Å². The Kier molecular flexibility index (Phi) is 9.52. The third kappa shape index (κ3) is 6.48. The molecule has 1 amide bonds. The summed E-state index contributed by atoms with van der Waals surface area (Å²) in [5.41, 5.74) is 3.36. The molecular weight excluding hydrogens is 652 g/mol. The van der Waals surface area contributed by atoms with Crippen LogP contribution in [0.5, 0.6) is 5.75 Å². The van der Waals surface area contributed by atoms with Gasteiger partial charge >= 0.3 is 0 Å². The molecule has 0 radical (unpaired) electrons. The smallest absolute Gasteiger partial charge is 0.264 e. The number of aryl methyl sites for hydroxylation is 1. The minimum Gasteiger partial charge on any atom is -0.490 e. The van der Waals surface area contributed by atoms with E-state index in [0.29, 0.717) is 48.6 Å². The Bertz CT molecular complexity index is 1630. The van der Waals surface area contributed by atoms with Crippen molar-refractivity contribution in [2.24, 2.45) is 29.6 Å². The lowest BCUT2D eigenvalue weighted by atomic mass is 9.59. The largest absolute Gasteiger partial charge is 0.490 e. The number of benzene rings is 2. The molecule has 0 unspecified atom stereocenters. The van der Waals surface area contributed by atoms with Crippen LogP contribution in [-0.2, 0) is 31.3 Å². The highest BCUT2D eigenvalue weighted by molar-refractivity contribution is 7.90. The van der Waals surface area contributed by atoms with E-state index in [1.807, 2.05) is 25.1 Å². The van der Waals surface area contributed by atoms with E-state index in [9.17, 15) is 18.3 Å². The number of ether oxygens (including phenoxy) is 3. The predicted molar refractivity (Wildman–Crippen MR) is 185 cm³/mol. The van der Waals surface area contributed by atoms with E-state index in [4.69, 9.17) is 25.8 Å². The molecule has 9 nitrogen and oxygen atoms in total. The first kappa shape index (κ1) is 34.1. The predicted octanol–water partition coefficient (Wildman–Crippen LogP) is 5.70. The van der Waals surface area contributed by atoms with Crippen molar-refractivity contribution < 1.29 is 32.5 Å². The summed E-state index contributed by atoms with van der Waals surface area (Å²) in [4.78, 5) is 16.0. The number of anilines is 1. The first-order valence-corrected chi connectivity index (χ1v) is 19.6. The third-order valence-electron chi connectivity index (χ3n) is 12.2. The standard InChI is InChI=1S/C37H49ClN2O7S/c1-22-6-4-8-29(36-45-18-28(41)19-46-36)30-14-23(2)31(30)17-40-20-37(13-5-7-25-15-27(38)10-11-32(25)37)21-47-34-12-9-26(16-33(34)40)35(42)39-48(43,44)24(22)3/h9-12,15-16,22-24,28-31,36,41H,4-8,13-14,17-21H2,1-3H3,(H,39,42)/t22-,23+,24+,28?,29-,30-,31+,36?,37-/m0/s1. The van der Waals surface area contributed by atoms with Gasteiger partial charge in [0.1, 0.15) is 11.9 Å². The SMILES string of the molecule is C[C@@H]1C[C@@H]2[C@@H]1CN1C[C@@]3(CCCc4cc(Cl)ccc43)COc3ccc(cc31)C(=O)NS(=O)(=O)[C@H](C)[C@@H](C)CCC[C@@H]2C1OCC(O)CO1. The van der Waals surface area contributed by atoms with Crippen molar-refractivity contribution in [2.75, 3.05) is 37.8 Å². The molecular formula is C37H49ClN2O7S. The molecule has 2 aromatic rings. The van der Waals surface area contributed by atoms with Crippen LogP contribution in [-0.4, -0.2) is 70.0 Å². The van der Waals surface area contributed by atoms with Crippen LogP contribution in [0.15, 0.2) is 36.4 Å². The van der Waals surface area contributed by atoms with Crippen LogP contribution in [0.4, 0.5) is 5.69 Å². The highest BCUT2D eigenvalue weighted by Gasteiger charge is 2.49. The molecule has 1 saturated heterocycles. The summed E-state index contributed by atoms with van der Waals surface area (Å²) in [6.45, 7) is 8.42. The molecule has 262 valence electrons.